The fraction of sp³-hybridized carbons (Fsp3) is 0.417. The number of nitrogens with one attached hydrogen (secondary N) is 1. The molecule has 0 unspecified atom stereocenters. The van der Waals surface area contributed by atoms with Crippen LogP contribution in [0, 0.1) is 0 Å². The first-order valence-electron chi connectivity index (χ1n) is 5.53. The van der Waals surface area contributed by atoms with Crippen molar-refractivity contribution in [1.29, 1.82) is 0 Å². The van der Waals surface area contributed by atoms with Gasteiger partial charge in [0.25, 0.3) is 0 Å². The highest BCUT2D eigenvalue weighted by atomic mass is 16.5. The summed E-state index contributed by atoms with van der Waals surface area (Å²) in [5.74, 6) is -0.246. The van der Waals surface area contributed by atoms with Crippen molar-refractivity contribution >= 4 is 5.97 Å². The van der Waals surface area contributed by atoms with Crippen molar-refractivity contribution in [3.05, 3.63) is 29.8 Å². The molecule has 17 heavy (non-hydrogen) atoms. The van der Waals surface area contributed by atoms with Gasteiger partial charge in [-0.2, -0.15) is 0 Å². The maximum atomic E-state index is 10.6. The van der Waals surface area contributed by atoms with Crippen LogP contribution in [-0.2, 0) is 4.74 Å². The van der Waals surface area contributed by atoms with Gasteiger partial charge in [-0.3, -0.25) is 0 Å². The molecule has 1 saturated heterocycles. The molecule has 0 saturated carbocycles. The zero-order valence-electron chi connectivity index (χ0n) is 9.39. The highest BCUT2D eigenvalue weighted by molar-refractivity contribution is 5.87. The molecule has 5 heteroatoms. The molecule has 0 amide bonds. The Morgan fingerprint density at radius 2 is 2.12 bits per heavy atom. The van der Waals surface area contributed by atoms with E-state index in [0.29, 0.717) is 18.4 Å². The predicted octanol–water partition coefficient (Wildman–Crippen LogP) is 0.752. The van der Waals surface area contributed by atoms with E-state index in [2.05, 4.69) is 5.32 Å². The molecular formula is C12H15NO4. The SMILES string of the molecule is O=C(O)c1ccc(OCCNC2COC2)cc1. The van der Waals surface area contributed by atoms with E-state index >= 15 is 0 Å². The molecule has 1 fully saturated rings. The number of benzene rings is 1. The molecule has 5 nitrogen and oxygen atoms in total. The molecule has 2 N–H and O–H groups in total. The molecule has 1 aromatic carbocycles. The Kier molecular flexibility index (Phi) is 3.95. The van der Waals surface area contributed by atoms with Gasteiger partial charge in [-0.05, 0) is 24.3 Å². The number of ether oxygens (including phenoxy) is 2. The molecule has 0 aliphatic carbocycles. The molecule has 0 radical (unpaired) electrons. The monoisotopic (exact) mass is 237 g/mol. The standard InChI is InChI=1S/C12H15NO4/c14-12(15)9-1-3-11(4-2-9)17-6-5-13-10-7-16-8-10/h1-4,10,13H,5-8H2,(H,14,15). The molecule has 0 bridgehead atoms. The van der Waals surface area contributed by atoms with E-state index < -0.39 is 5.97 Å². The minimum absolute atomic E-state index is 0.266. The Bertz CT molecular complexity index is 373. The number of aromatic carboxylic acids is 1. The molecule has 1 aliphatic rings. The summed E-state index contributed by atoms with van der Waals surface area (Å²) in [6.45, 7) is 2.86. The Morgan fingerprint density at radius 3 is 2.65 bits per heavy atom. The van der Waals surface area contributed by atoms with Crippen LogP contribution in [0.5, 0.6) is 5.75 Å². The Hall–Kier alpha value is -1.59. The maximum absolute atomic E-state index is 10.6. The number of hydrogen-bond acceptors (Lipinski definition) is 4. The Labute approximate surface area is 99.3 Å². The summed E-state index contributed by atoms with van der Waals surface area (Å²) < 4.78 is 10.5. The van der Waals surface area contributed by atoms with E-state index in [1.165, 1.54) is 12.1 Å². The summed E-state index contributed by atoms with van der Waals surface area (Å²) in [5, 5.41) is 12.0. The van der Waals surface area contributed by atoms with Gasteiger partial charge in [0, 0.05) is 6.54 Å². The zero-order valence-corrected chi connectivity index (χ0v) is 9.39. The summed E-state index contributed by atoms with van der Waals surface area (Å²) in [5.41, 5.74) is 0.266. The largest absolute Gasteiger partial charge is 0.492 e. The molecule has 1 aliphatic heterocycles. The first kappa shape index (κ1) is 11.9. The molecule has 0 aromatic heterocycles. The minimum Gasteiger partial charge on any atom is -0.492 e. The van der Waals surface area contributed by atoms with Gasteiger partial charge in [-0.25, -0.2) is 4.79 Å². The van der Waals surface area contributed by atoms with Crippen LogP contribution in [0.2, 0.25) is 0 Å². The average Bonchev–Trinajstić information content (AvgIpc) is 2.27. The zero-order chi connectivity index (χ0) is 12.1. The molecular weight excluding hydrogens is 222 g/mol. The van der Waals surface area contributed by atoms with Gasteiger partial charge in [0.05, 0.1) is 24.8 Å². The summed E-state index contributed by atoms with van der Waals surface area (Å²) in [4.78, 5) is 10.6. The number of carboxylic acids is 1. The first-order chi connectivity index (χ1) is 8.25. The lowest BCUT2D eigenvalue weighted by Crippen LogP contribution is -2.47. The summed E-state index contributed by atoms with van der Waals surface area (Å²) in [6, 6.07) is 6.84. The van der Waals surface area contributed by atoms with Crippen LogP contribution in [-0.4, -0.2) is 43.5 Å². The second-order valence-electron chi connectivity index (χ2n) is 3.87. The lowest BCUT2D eigenvalue weighted by atomic mass is 10.2. The van der Waals surface area contributed by atoms with Gasteiger partial charge >= 0.3 is 5.97 Å². The van der Waals surface area contributed by atoms with Crippen molar-refractivity contribution in [3.63, 3.8) is 0 Å². The third-order valence-electron chi connectivity index (χ3n) is 2.54. The van der Waals surface area contributed by atoms with Crippen molar-refractivity contribution in [3.8, 4) is 5.75 Å². The normalized spacial score (nSPS) is 15.3. The second kappa shape index (κ2) is 5.65. The quantitative estimate of drug-likeness (QED) is 0.715. The van der Waals surface area contributed by atoms with Crippen LogP contribution in [0.15, 0.2) is 24.3 Å². The van der Waals surface area contributed by atoms with Crippen molar-refractivity contribution in [2.45, 2.75) is 6.04 Å². The Balaban J connectivity index is 1.69. The van der Waals surface area contributed by atoms with Crippen LogP contribution >= 0.6 is 0 Å². The molecule has 2 rings (SSSR count). The summed E-state index contributed by atoms with van der Waals surface area (Å²) in [7, 11) is 0. The van der Waals surface area contributed by atoms with Crippen molar-refractivity contribution in [2.75, 3.05) is 26.4 Å². The number of hydrogen-bond donors (Lipinski definition) is 2. The van der Waals surface area contributed by atoms with Crippen LogP contribution in [0.25, 0.3) is 0 Å². The van der Waals surface area contributed by atoms with Gasteiger partial charge in [0.1, 0.15) is 12.4 Å². The molecule has 92 valence electrons. The van der Waals surface area contributed by atoms with E-state index in [9.17, 15) is 4.79 Å². The van der Waals surface area contributed by atoms with E-state index in [1.807, 2.05) is 0 Å². The molecule has 1 aromatic rings. The van der Waals surface area contributed by atoms with Gasteiger partial charge in [0.15, 0.2) is 0 Å². The third kappa shape index (κ3) is 3.44. The lowest BCUT2D eigenvalue weighted by Gasteiger charge is -2.26. The van der Waals surface area contributed by atoms with Crippen molar-refractivity contribution in [2.24, 2.45) is 0 Å². The van der Waals surface area contributed by atoms with E-state index in [-0.39, 0.29) is 5.56 Å². The van der Waals surface area contributed by atoms with Crippen molar-refractivity contribution in [1.82, 2.24) is 5.32 Å². The lowest BCUT2D eigenvalue weighted by molar-refractivity contribution is -0.00595. The number of carbonyl (C=O) groups is 1. The second-order valence-corrected chi connectivity index (χ2v) is 3.87. The van der Waals surface area contributed by atoms with Gasteiger partial charge in [-0.15, -0.1) is 0 Å². The fourth-order valence-corrected chi connectivity index (χ4v) is 1.48. The first-order valence-corrected chi connectivity index (χ1v) is 5.53. The topological polar surface area (TPSA) is 67.8 Å². The van der Waals surface area contributed by atoms with Crippen LogP contribution in [0.4, 0.5) is 0 Å². The Morgan fingerprint density at radius 1 is 1.41 bits per heavy atom. The molecule has 1 heterocycles. The van der Waals surface area contributed by atoms with Gasteiger partial charge in [-0.1, -0.05) is 0 Å². The van der Waals surface area contributed by atoms with Gasteiger partial charge in [0.2, 0.25) is 0 Å². The van der Waals surface area contributed by atoms with Crippen molar-refractivity contribution < 1.29 is 19.4 Å². The fourth-order valence-electron chi connectivity index (χ4n) is 1.48. The third-order valence-corrected chi connectivity index (χ3v) is 2.54. The van der Waals surface area contributed by atoms with Crippen LogP contribution in [0.1, 0.15) is 10.4 Å². The highest BCUT2D eigenvalue weighted by Gasteiger charge is 2.16. The predicted molar refractivity (Wildman–Crippen MR) is 61.5 cm³/mol. The molecule has 0 atom stereocenters. The van der Waals surface area contributed by atoms with Crippen LogP contribution < -0.4 is 10.1 Å². The smallest absolute Gasteiger partial charge is 0.335 e. The maximum Gasteiger partial charge on any atom is 0.335 e. The average molecular weight is 237 g/mol. The van der Waals surface area contributed by atoms with Crippen LogP contribution in [0.3, 0.4) is 0 Å². The minimum atomic E-state index is -0.928. The summed E-state index contributed by atoms with van der Waals surface area (Å²) in [6.07, 6.45) is 0. The van der Waals surface area contributed by atoms with E-state index in [0.717, 1.165) is 19.8 Å². The number of rotatable bonds is 6. The van der Waals surface area contributed by atoms with E-state index in [1.54, 1.807) is 12.1 Å². The van der Waals surface area contributed by atoms with Gasteiger partial charge < -0.3 is 19.9 Å². The molecule has 0 spiro atoms. The highest BCUT2D eigenvalue weighted by Crippen LogP contribution is 2.11. The summed E-state index contributed by atoms with van der Waals surface area (Å²) >= 11 is 0. The van der Waals surface area contributed by atoms with E-state index in [4.69, 9.17) is 14.6 Å². The number of carboxylic acid groups (broad SMARTS) is 1.